The number of fused-ring (bicyclic) bond motifs is 5. The van der Waals surface area contributed by atoms with Crippen LogP contribution >= 0.6 is 0 Å². The van der Waals surface area contributed by atoms with Gasteiger partial charge in [0.2, 0.25) is 0 Å². The van der Waals surface area contributed by atoms with Crippen molar-refractivity contribution in [1.29, 1.82) is 0 Å². The lowest BCUT2D eigenvalue weighted by atomic mass is 9.66. The third kappa shape index (κ3) is 1.88. The molecule has 0 spiro atoms. The predicted molar refractivity (Wildman–Crippen MR) is 84.9 cm³/mol. The van der Waals surface area contributed by atoms with E-state index in [1.807, 2.05) is 12.1 Å². The highest BCUT2D eigenvalue weighted by Crippen LogP contribution is 2.56. The number of halogens is 1. The van der Waals surface area contributed by atoms with E-state index in [9.17, 15) is 9.50 Å². The molecule has 0 aromatic heterocycles. The van der Waals surface area contributed by atoms with Crippen LogP contribution in [0.3, 0.4) is 0 Å². The summed E-state index contributed by atoms with van der Waals surface area (Å²) in [4.78, 5) is 0. The van der Waals surface area contributed by atoms with Crippen molar-refractivity contribution in [1.82, 2.24) is 0 Å². The van der Waals surface area contributed by atoms with Crippen molar-refractivity contribution < 1.29 is 14.2 Å². The maximum Gasteiger partial charge on any atom is 0.131 e. The molecular formula is C19H21FO2. The first-order valence-electron chi connectivity index (χ1n) is 7.99. The van der Waals surface area contributed by atoms with Crippen molar-refractivity contribution in [3.63, 3.8) is 0 Å². The van der Waals surface area contributed by atoms with E-state index in [-0.39, 0.29) is 23.3 Å². The zero-order valence-corrected chi connectivity index (χ0v) is 13.0. The molecule has 22 heavy (non-hydrogen) atoms. The van der Waals surface area contributed by atoms with Gasteiger partial charge >= 0.3 is 0 Å². The van der Waals surface area contributed by atoms with Gasteiger partial charge in [-0.1, -0.05) is 6.92 Å². The van der Waals surface area contributed by atoms with Gasteiger partial charge in [-0.2, -0.15) is 0 Å². The van der Waals surface area contributed by atoms with E-state index in [4.69, 9.17) is 4.74 Å². The standard InChI is InChI=1S/C19H21FO2/c1-19-6-5-13-15-8-12(22-2)3-4-14(15)18(20)9-16(13)17(19)7-11(21)10-19/h3-4,8-9,11,17,21H,5-7,10H2,1-2H3/t11-,17?,19-/m1/s1. The van der Waals surface area contributed by atoms with Gasteiger partial charge in [-0.3, -0.25) is 0 Å². The molecule has 2 aromatic carbocycles. The number of ether oxygens (including phenoxy) is 1. The Balaban J connectivity index is 1.96. The monoisotopic (exact) mass is 300 g/mol. The Kier molecular flexibility index (Phi) is 2.99. The van der Waals surface area contributed by atoms with Crippen molar-refractivity contribution in [2.75, 3.05) is 7.11 Å². The van der Waals surface area contributed by atoms with Crippen molar-refractivity contribution in [2.24, 2.45) is 5.41 Å². The van der Waals surface area contributed by atoms with E-state index in [1.165, 1.54) is 5.56 Å². The maximum atomic E-state index is 14.6. The Bertz CT molecular complexity index is 755. The third-order valence-electron chi connectivity index (χ3n) is 5.81. The molecule has 1 fully saturated rings. The summed E-state index contributed by atoms with van der Waals surface area (Å²) in [6.45, 7) is 2.24. The van der Waals surface area contributed by atoms with Crippen LogP contribution < -0.4 is 4.74 Å². The van der Waals surface area contributed by atoms with Gasteiger partial charge in [-0.15, -0.1) is 0 Å². The first-order chi connectivity index (χ1) is 10.5. The molecule has 0 heterocycles. The van der Waals surface area contributed by atoms with Gasteiger partial charge in [0.25, 0.3) is 0 Å². The van der Waals surface area contributed by atoms with E-state index in [0.29, 0.717) is 5.39 Å². The number of hydrogen-bond donors (Lipinski definition) is 1. The summed E-state index contributed by atoms with van der Waals surface area (Å²) < 4.78 is 19.9. The summed E-state index contributed by atoms with van der Waals surface area (Å²) in [7, 11) is 1.64. The number of hydrogen-bond acceptors (Lipinski definition) is 2. The number of benzene rings is 2. The largest absolute Gasteiger partial charge is 0.497 e. The number of rotatable bonds is 1. The predicted octanol–water partition coefficient (Wildman–Crippen LogP) is 4.18. The van der Waals surface area contributed by atoms with Gasteiger partial charge in [0.15, 0.2) is 0 Å². The summed E-state index contributed by atoms with van der Waals surface area (Å²) >= 11 is 0. The van der Waals surface area contributed by atoms with E-state index in [2.05, 4.69) is 6.92 Å². The molecule has 2 aromatic rings. The Labute approximate surface area is 129 Å². The van der Waals surface area contributed by atoms with Crippen LogP contribution in [0.4, 0.5) is 4.39 Å². The summed E-state index contributed by atoms with van der Waals surface area (Å²) in [6, 6.07) is 7.28. The van der Waals surface area contributed by atoms with Gasteiger partial charge in [-0.25, -0.2) is 4.39 Å². The van der Waals surface area contributed by atoms with Crippen molar-refractivity contribution in [3.05, 3.63) is 41.2 Å². The third-order valence-corrected chi connectivity index (χ3v) is 5.81. The van der Waals surface area contributed by atoms with Gasteiger partial charge in [0.05, 0.1) is 13.2 Å². The van der Waals surface area contributed by atoms with Crippen LogP contribution in [0.2, 0.25) is 0 Å². The van der Waals surface area contributed by atoms with Crippen LogP contribution in [0.1, 0.15) is 43.2 Å². The van der Waals surface area contributed by atoms with Crippen LogP contribution in [0.25, 0.3) is 10.8 Å². The lowest BCUT2D eigenvalue weighted by molar-refractivity contribution is 0.159. The second-order valence-electron chi connectivity index (χ2n) is 7.14. The van der Waals surface area contributed by atoms with Crippen molar-refractivity contribution >= 4 is 10.8 Å². The number of aryl methyl sites for hydroxylation is 1. The summed E-state index contributed by atoms with van der Waals surface area (Å²) in [6.07, 6.45) is 3.32. The van der Waals surface area contributed by atoms with Crippen LogP contribution in [-0.4, -0.2) is 18.3 Å². The molecule has 0 saturated heterocycles. The average molecular weight is 300 g/mol. The zero-order chi connectivity index (χ0) is 15.5. The molecule has 116 valence electrons. The molecule has 2 aliphatic carbocycles. The van der Waals surface area contributed by atoms with Crippen molar-refractivity contribution in [3.8, 4) is 5.75 Å². The minimum Gasteiger partial charge on any atom is -0.497 e. The molecule has 0 radical (unpaired) electrons. The van der Waals surface area contributed by atoms with E-state index >= 15 is 0 Å². The minimum absolute atomic E-state index is 0.103. The Morgan fingerprint density at radius 1 is 1.27 bits per heavy atom. The van der Waals surface area contributed by atoms with Gasteiger partial charge in [0.1, 0.15) is 11.6 Å². The Hall–Kier alpha value is -1.61. The van der Waals surface area contributed by atoms with Gasteiger partial charge in [0, 0.05) is 5.39 Å². The molecule has 0 bridgehead atoms. The summed E-state index contributed by atoms with van der Waals surface area (Å²) in [5.74, 6) is 0.860. The molecule has 1 saturated carbocycles. The molecule has 1 unspecified atom stereocenters. The molecule has 1 N–H and O–H groups in total. The smallest absolute Gasteiger partial charge is 0.131 e. The molecule has 3 atom stereocenters. The van der Waals surface area contributed by atoms with E-state index in [0.717, 1.165) is 42.4 Å². The Morgan fingerprint density at radius 3 is 2.86 bits per heavy atom. The molecule has 2 aliphatic rings. The molecule has 4 rings (SSSR count). The SMILES string of the molecule is COc1ccc2c(F)cc3c(c2c1)CC[C@]1(C)C[C@H](O)CC31. The second-order valence-corrected chi connectivity index (χ2v) is 7.14. The molecule has 0 amide bonds. The second kappa shape index (κ2) is 4.69. The molecule has 2 nitrogen and oxygen atoms in total. The molecule has 3 heteroatoms. The summed E-state index contributed by atoms with van der Waals surface area (Å²) in [5.41, 5.74) is 2.45. The lowest BCUT2D eigenvalue weighted by Crippen LogP contribution is -2.27. The highest BCUT2D eigenvalue weighted by Gasteiger charge is 2.47. The highest BCUT2D eigenvalue weighted by molar-refractivity contribution is 5.89. The fourth-order valence-electron chi connectivity index (χ4n) is 4.66. The number of aliphatic hydroxyl groups is 1. The Morgan fingerprint density at radius 2 is 2.09 bits per heavy atom. The van der Waals surface area contributed by atoms with Crippen molar-refractivity contribution in [2.45, 2.75) is 44.6 Å². The van der Waals surface area contributed by atoms with Crippen LogP contribution in [-0.2, 0) is 6.42 Å². The number of aliphatic hydroxyl groups excluding tert-OH is 1. The highest BCUT2D eigenvalue weighted by atomic mass is 19.1. The fraction of sp³-hybridized carbons (Fsp3) is 0.474. The lowest BCUT2D eigenvalue weighted by Gasteiger charge is -2.38. The van der Waals surface area contributed by atoms with Crippen LogP contribution in [0.15, 0.2) is 24.3 Å². The van der Waals surface area contributed by atoms with Gasteiger partial charge in [-0.05, 0) is 77.8 Å². The topological polar surface area (TPSA) is 29.5 Å². The fourth-order valence-corrected chi connectivity index (χ4v) is 4.66. The van der Waals surface area contributed by atoms with Crippen LogP contribution in [0.5, 0.6) is 5.75 Å². The van der Waals surface area contributed by atoms with Gasteiger partial charge < -0.3 is 9.84 Å². The molecule has 0 aliphatic heterocycles. The number of methoxy groups -OCH3 is 1. The van der Waals surface area contributed by atoms with E-state index < -0.39 is 0 Å². The normalized spacial score (nSPS) is 30.2. The quantitative estimate of drug-likeness (QED) is 0.856. The summed E-state index contributed by atoms with van der Waals surface area (Å²) in [5, 5.41) is 11.7. The zero-order valence-electron chi connectivity index (χ0n) is 13.0. The average Bonchev–Trinajstić information content (AvgIpc) is 2.81. The first kappa shape index (κ1) is 14.0. The van der Waals surface area contributed by atoms with Crippen LogP contribution in [0, 0.1) is 11.2 Å². The first-order valence-corrected chi connectivity index (χ1v) is 7.99. The van der Waals surface area contributed by atoms with E-state index in [1.54, 1.807) is 19.2 Å². The molecular weight excluding hydrogens is 279 g/mol. The maximum absolute atomic E-state index is 14.6. The minimum atomic E-state index is -0.259.